The van der Waals surface area contributed by atoms with Gasteiger partial charge in [-0.2, -0.15) is 11.8 Å². The van der Waals surface area contributed by atoms with Crippen LogP contribution >= 0.6 is 11.8 Å². The molecule has 3 heteroatoms. The van der Waals surface area contributed by atoms with Crippen molar-refractivity contribution in [2.24, 2.45) is 5.92 Å². The highest BCUT2D eigenvalue weighted by atomic mass is 32.2. The predicted molar refractivity (Wildman–Crippen MR) is 50.0 cm³/mol. The third-order valence-electron chi connectivity index (χ3n) is 1.67. The van der Waals surface area contributed by atoms with Gasteiger partial charge in [0.15, 0.2) is 0 Å². The molecule has 0 bridgehead atoms. The van der Waals surface area contributed by atoms with Gasteiger partial charge in [0.1, 0.15) is 0 Å². The lowest BCUT2D eigenvalue weighted by Crippen LogP contribution is -2.43. The molecule has 0 atom stereocenters. The van der Waals surface area contributed by atoms with Crippen LogP contribution in [0.2, 0.25) is 0 Å². The molecule has 0 aliphatic carbocycles. The topological polar surface area (TPSA) is 32.3 Å². The first-order chi connectivity index (χ1) is 5.08. The molecule has 1 fully saturated rings. The molecule has 0 aromatic carbocycles. The van der Waals surface area contributed by atoms with Crippen LogP contribution in [0, 0.1) is 5.92 Å². The Morgan fingerprint density at radius 3 is 2.55 bits per heavy atom. The van der Waals surface area contributed by atoms with E-state index in [1.807, 2.05) is 25.6 Å². The minimum absolute atomic E-state index is 0.498. The zero-order chi connectivity index (χ0) is 8.32. The summed E-state index contributed by atoms with van der Waals surface area (Å²) in [5, 5.41) is 12.6. The number of hydrogen-bond acceptors (Lipinski definition) is 3. The van der Waals surface area contributed by atoms with Crippen LogP contribution in [0.25, 0.3) is 0 Å². The quantitative estimate of drug-likeness (QED) is 0.660. The van der Waals surface area contributed by atoms with Gasteiger partial charge >= 0.3 is 0 Å². The second kappa shape index (κ2) is 3.78. The number of hydrogen-bond donors (Lipinski definition) is 2. The first-order valence-electron chi connectivity index (χ1n) is 4.09. The maximum atomic E-state index is 9.38. The molecule has 0 unspecified atom stereocenters. The molecule has 0 spiro atoms. The number of nitrogens with one attached hydrogen (secondary N) is 1. The van der Waals surface area contributed by atoms with E-state index in [1.54, 1.807) is 0 Å². The van der Waals surface area contributed by atoms with Gasteiger partial charge in [-0.05, 0) is 38.6 Å². The first-order valence-corrected chi connectivity index (χ1v) is 5.24. The maximum Gasteiger partial charge on any atom is 0.0681 e. The van der Waals surface area contributed by atoms with Crippen LogP contribution in [-0.4, -0.2) is 35.3 Å². The molecule has 2 N–H and O–H groups in total. The van der Waals surface area contributed by atoms with E-state index in [0.29, 0.717) is 0 Å². The minimum Gasteiger partial charge on any atom is -0.390 e. The van der Waals surface area contributed by atoms with Crippen molar-refractivity contribution in [3.8, 4) is 0 Å². The summed E-state index contributed by atoms with van der Waals surface area (Å²) >= 11 is 1.85. The SMILES string of the molecule is CC(C)(O)CSCC1CNC1. The van der Waals surface area contributed by atoms with Crippen molar-refractivity contribution >= 4 is 11.8 Å². The third-order valence-corrected chi connectivity index (χ3v) is 3.29. The Labute approximate surface area is 72.8 Å². The largest absolute Gasteiger partial charge is 0.390 e. The molecule has 0 amide bonds. The number of thioether (sulfide) groups is 1. The van der Waals surface area contributed by atoms with E-state index in [4.69, 9.17) is 0 Å². The van der Waals surface area contributed by atoms with E-state index in [2.05, 4.69) is 5.32 Å². The van der Waals surface area contributed by atoms with E-state index in [0.717, 1.165) is 11.7 Å². The highest BCUT2D eigenvalue weighted by Gasteiger charge is 2.18. The molecule has 1 rings (SSSR count). The molecule has 2 nitrogen and oxygen atoms in total. The molecule has 0 saturated carbocycles. The molecule has 66 valence electrons. The van der Waals surface area contributed by atoms with Crippen molar-refractivity contribution in [3.63, 3.8) is 0 Å². The molecular weight excluding hydrogens is 158 g/mol. The number of aliphatic hydroxyl groups is 1. The van der Waals surface area contributed by atoms with Gasteiger partial charge in [0.2, 0.25) is 0 Å². The van der Waals surface area contributed by atoms with Gasteiger partial charge < -0.3 is 10.4 Å². The Morgan fingerprint density at radius 1 is 1.55 bits per heavy atom. The zero-order valence-electron chi connectivity index (χ0n) is 7.26. The van der Waals surface area contributed by atoms with Gasteiger partial charge in [0.25, 0.3) is 0 Å². The Bertz CT molecular complexity index is 118. The number of rotatable bonds is 4. The summed E-state index contributed by atoms with van der Waals surface area (Å²) in [5.74, 6) is 2.89. The average Bonchev–Trinajstić information content (AvgIpc) is 1.73. The summed E-state index contributed by atoms with van der Waals surface area (Å²) in [6.45, 7) is 6.05. The standard InChI is InChI=1S/C8H17NOS/c1-8(2,10)6-11-5-7-3-9-4-7/h7,9-10H,3-6H2,1-2H3. The minimum atomic E-state index is -0.498. The summed E-state index contributed by atoms with van der Waals surface area (Å²) in [6.07, 6.45) is 0. The predicted octanol–water partition coefficient (Wildman–Crippen LogP) is 0.710. The monoisotopic (exact) mass is 175 g/mol. The molecule has 1 aliphatic rings. The van der Waals surface area contributed by atoms with E-state index in [9.17, 15) is 5.11 Å². The van der Waals surface area contributed by atoms with Crippen molar-refractivity contribution in [1.29, 1.82) is 0 Å². The Morgan fingerprint density at radius 2 is 2.18 bits per heavy atom. The lowest BCUT2D eigenvalue weighted by molar-refractivity contribution is 0.107. The van der Waals surface area contributed by atoms with Crippen molar-refractivity contribution in [2.45, 2.75) is 19.4 Å². The maximum absolute atomic E-state index is 9.38. The fraction of sp³-hybridized carbons (Fsp3) is 1.00. The summed E-state index contributed by atoms with van der Waals surface area (Å²) in [6, 6.07) is 0. The Balaban J connectivity index is 1.95. The van der Waals surface area contributed by atoms with Crippen molar-refractivity contribution in [2.75, 3.05) is 24.6 Å². The van der Waals surface area contributed by atoms with Crippen LogP contribution in [0.4, 0.5) is 0 Å². The lowest BCUT2D eigenvalue weighted by Gasteiger charge is -2.27. The fourth-order valence-corrected chi connectivity index (χ4v) is 2.13. The van der Waals surface area contributed by atoms with Crippen molar-refractivity contribution < 1.29 is 5.11 Å². The average molecular weight is 175 g/mol. The van der Waals surface area contributed by atoms with Crippen molar-refractivity contribution in [3.05, 3.63) is 0 Å². The van der Waals surface area contributed by atoms with Crippen LogP contribution in [0.15, 0.2) is 0 Å². The first kappa shape index (κ1) is 9.36. The summed E-state index contributed by atoms with van der Waals surface area (Å²) < 4.78 is 0. The molecule has 0 aromatic rings. The summed E-state index contributed by atoms with van der Waals surface area (Å²) in [5.41, 5.74) is -0.498. The Kier molecular flexibility index (Phi) is 3.22. The summed E-state index contributed by atoms with van der Waals surface area (Å²) in [4.78, 5) is 0. The highest BCUT2D eigenvalue weighted by molar-refractivity contribution is 7.99. The van der Waals surface area contributed by atoms with Gasteiger partial charge in [-0.3, -0.25) is 0 Å². The molecule has 1 saturated heterocycles. The smallest absolute Gasteiger partial charge is 0.0681 e. The van der Waals surface area contributed by atoms with Crippen LogP contribution in [0.3, 0.4) is 0 Å². The van der Waals surface area contributed by atoms with Crippen LogP contribution in [0.1, 0.15) is 13.8 Å². The molecule has 0 radical (unpaired) electrons. The van der Waals surface area contributed by atoms with Gasteiger partial charge in [0.05, 0.1) is 5.60 Å². The van der Waals surface area contributed by atoms with Crippen molar-refractivity contribution in [1.82, 2.24) is 5.32 Å². The van der Waals surface area contributed by atoms with Crippen LogP contribution in [-0.2, 0) is 0 Å². The lowest BCUT2D eigenvalue weighted by atomic mass is 10.1. The van der Waals surface area contributed by atoms with Crippen LogP contribution in [0.5, 0.6) is 0 Å². The zero-order valence-corrected chi connectivity index (χ0v) is 8.08. The Hall–Kier alpha value is 0.270. The molecule has 1 aliphatic heterocycles. The van der Waals surface area contributed by atoms with E-state index in [-0.39, 0.29) is 0 Å². The molecular formula is C8H17NOS. The summed E-state index contributed by atoms with van der Waals surface area (Å²) in [7, 11) is 0. The van der Waals surface area contributed by atoms with Gasteiger partial charge in [-0.25, -0.2) is 0 Å². The third kappa shape index (κ3) is 3.99. The van der Waals surface area contributed by atoms with E-state index >= 15 is 0 Å². The fourth-order valence-electron chi connectivity index (χ4n) is 0.942. The van der Waals surface area contributed by atoms with Gasteiger partial charge in [-0.1, -0.05) is 0 Å². The second-order valence-corrected chi connectivity index (χ2v) is 4.88. The highest BCUT2D eigenvalue weighted by Crippen LogP contribution is 2.17. The van der Waals surface area contributed by atoms with Gasteiger partial charge in [0, 0.05) is 5.75 Å². The second-order valence-electron chi connectivity index (χ2n) is 3.85. The van der Waals surface area contributed by atoms with E-state index < -0.39 is 5.60 Å². The molecule has 11 heavy (non-hydrogen) atoms. The van der Waals surface area contributed by atoms with E-state index in [1.165, 1.54) is 18.8 Å². The molecule has 1 heterocycles. The normalized spacial score (nSPS) is 19.9. The van der Waals surface area contributed by atoms with Gasteiger partial charge in [-0.15, -0.1) is 0 Å². The molecule has 0 aromatic heterocycles. The van der Waals surface area contributed by atoms with Crippen LogP contribution < -0.4 is 5.32 Å².